The number of hydrogen-bond acceptors (Lipinski definition) is 2. The van der Waals surface area contributed by atoms with Gasteiger partial charge in [0.15, 0.2) is 0 Å². The lowest BCUT2D eigenvalue weighted by Gasteiger charge is -2.51. The number of aliphatic hydroxyl groups is 1. The molecule has 5 aliphatic rings. The first-order valence-electron chi connectivity index (χ1n) is 8.76. The first kappa shape index (κ1) is 11.7. The Bertz CT molecular complexity index is 595. The van der Waals surface area contributed by atoms with Crippen LogP contribution in [0, 0.1) is 47.3 Å². The van der Waals surface area contributed by atoms with E-state index in [-0.39, 0.29) is 5.60 Å². The molecule has 1 aromatic carbocycles. The summed E-state index contributed by atoms with van der Waals surface area (Å²) in [5.41, 5.74) is 0.947. The second-order valence-corrected chi connectivity index (χ2v) is 8.41. The van der Waals surface area contributed by atoms with E-state index in [2.05, 4.69) is 35.6 Å². The van der Waals surface area contributed by atoms with E-state index in [1.54, 1.807) is 0 Å². The highest BCUT2D eigenvalue weighted by Crippen LogP contribution is 2.85. The Morgan fingerprint density at radius 3 is 2.57 bits per heavy atom. The third-order valence-corrected chi connectivity index (χ3v) is 8.10. The molecule has 5 saturated carbocycles. The molecule has 0 aliphatic heterocycles. The van der Waals surface area contributed by atoms with E-state index < -0.39 is 0 Å². The molecule has 1 aromatic rings. The summed E-state index contributed by atoms with van der Waals surface area (Å²) in [5, 5.41) is 15.1. The molecule has 5 fully saturated rings. The predicted molar refractivity (Wildman–Crippen MR) is 80.3 cm³/mol. The summed E-state index contributed by atoms with van der Waals surface area (Å²) in [6.45, 7) is 1.71. The maximum atomic E-state index is 11.5. The van der Waals surface area contributed by atoms with Crippen LogP contribution >= 0.6 is 0 Å². The molecule has 5 aliphatic carbocycles. The van der Waals surface area contributed by atoms with Crippen molar-refractivity contribution in [2.45, 2.75) is 25.0 Å². The quantitative estimate of drug-likeness (QED) is 0.887. The maximum absolute atomic E-state index is 11.5. The molecular formula is C19H23NO. The van der Waals surface area contributed by atoms with Crippen LogP contribution in [0.15, 0.2) is 30.3 Å². The van der Waals surface area contributed by atoms with Crippen LogP contribution < -0.4 is 5.32 Å². The van der Waals surface area contributed by atoms with Crippen LogP contribution in [0.1, 0.15) is 18.4 Å². The van der Waals surface area contributed by atoms with Crippen molar-refractivity contribution >= 4 is 0 Å². The molecule has 9 unspecified atom stereocenters. The average Bonchev–Trinajstić information content (AvgIpc) is 2.99. The van der Waals surface area contributed by atoms with Crippen LogP contribution in [-0.2, 0) is 6.54 Å². The highest BCUT2D eigenvalue weighted by molar-refractivity contribution is 5.32. The van der Waals surface area contributed by atoms with Gasteiger partial charge in [-0.15, -0.1) is 0 Å². The van der Waals surface area contributed by atoms with E-state index in [9.17, 15) is 5.11 Å². The van der Waals surface area contributed by atoms with Gasteiger partial charge in [-0.25, -0.2) is 0 Å². The Labute approximate surface area is 125 Å². The molecule has 110 valence electrons. The minimum absolute atomic E-state index is 0.376. The van der Waals surface area contributed by atoms with Crippen LogP contribution in [0.2, 0.25) is 0 Å². The predicted octanol–water partition coefficient (Wildman–Crippen LogP) is 2.29. The van der Waals surface area contributed by atoms with Crippen LogP contribution in [0.25, 0.3) is 0 Å². The monoisotopic (exact) mass is 281 g/mol. The number of hydrogen-bond donors (Lipinski definition) is 2. The summed E-state index contributed by atoms with van der Waals surface area (Å²) in [6, 6.07) is 10.6. The van der Waals surface area contributed by atoms with Crippen molar-refractivity contribution in [3.63, 3.8) is 0 Å². The van der Waals surface area contributed by atoms with Crippen molar-refractivity contribution in [1.82, 2.24) is 5.32 Å². The maximum Gasteiger partial charge on any atom is 0.0838 e. The van der Waals surface area contributed by atoms with Crippen molar-refractivity contribution in [2.24, 2.45) is 47.3 Å². The molecule has 0 spiro atoms. The molecule has 9 atom stereocenters. The van der Waals surface area contributed by atoms with Crippen molar-refractivity contribution in [3.05, 3.63) is 35.9 Å². The first-order valence-corrected chi connectivity index (χ1v) is 8.76. The Morgan fingerprint density at radius 1 is 0.952 bits per heavy atom. The molecule has 2 bridgehead atoms. The van der Waals surface area contributed by atoms with E-state index in [0.717, 1.165) is 48.6 Å². The highest BCUT2D eigenvalue weighted by Gasteiger charge is 2.84. The van der Waals surface area contributed by atoms with Gasteiger partial charge in [0, 0.05) is 13.1 Å². The molecule has 0 heterocycles. The lowest BCUT2D eigenvalue weighted by molar-refractivity contribution is -0.128. The Morgan fingerprint density at radius 2 is 1.71 bits per heavy atom. The Hall–Kier alpha value is -0.860. The van der Waals surface area contributed by atoms with Gasteiger partial charge < -0.3 is 10.4 Å². The minimum Gasteiger partial charge on any atom is -0.388 e. The largest absolute Gasteiger partial charge is 0.388 e. The van der Waals surface area contributed by atoms with Gasteiger partial charge in [-0.1, -0.05) is 30.3 Å². The number of nitrogens with one attached hydrogen (secondary N) is 1. The third kappa shape index (κ3) is 1.14. The molecule has 2 N–H and O–H groups in total. The fraction of sp³-hybridized carbons (Fsp3) is 0.684. The fourth-order valence-electron chi connectivity index (χ4n) is 7.96. The zero-order chi connectivity index (χ0) is 13.8. The minimum atomic E-state index is -0.376. The van der Waals surface area contributed by atoms with Gasteiger partial charge >= 0.3 is 0 Å². The summed E-state index contributed by atoms with van der Waals surface area (Å²) >= 11 is 0. The molecule has 2 nitrogen and oxygen atoms in total. The number of fused-ring (bicyclic) bond motifs is 2. The van der Waals surface area contributed by atoms with E-state index in [0.29, 0.717) is 11.8 Å². The van der Waals surface area contributed by atoms with Gasteiger partial charge in [0.25, 0.3) is 0 Å². The molecule has 0 amide bonds. The smallest absolute Gasteiger partial charge is 0.0838 e. The van der Waals surface area contributed by atoms with Crippen LogP contribution in [0.5, 0.6) is 0 Å². The second-order valence-electron chi connectivity index (χ2n) is 8.41. The lowest BCUT2D eigenvalue weighted by Crippen LogP contribution is -2.58. The summed E-state index contributed by atoms with van der Waals surface area (Å²) in [4.78, 5) is 0. The van der Waals surface area contributed by atoms with Crippen LogP contribution in [-0.4, -0.2) is 17.3 Å². The SMILES string of the molecule is OC1(CNCc2ccccc2)C2C3CC4C5C3CC2C5C41. The van der Waals surface area contributed by atoms with Crippen molar-refractivity contribution in [3.8, 4) is 0 Å². The second kappa shape index (κ2) is 3.55. The van der Waals surface area contributed by atoms with E-state index >= 15 is 0 Å². The molecule has 21 heavy (non-hydrogen) atoms. The normalized spacial score (nSPS) is 57.2. The topological polar surface area (TPSA) is 32.3 Å². The standard InChI is InChI=1S/C19H23NO/c21-19(9-20-8-10-4-2-1-3-5-10)17-12-7-13-15-11(12)6-14(17)16(15)18(13)19/h1-5,11-18,20-21H,6-9H2. The Kier molecular flexibility index (Phi) is 1.97. The zero-order valence-electron chi connectivity index (χ0n) is 12.3. The summed E-state index contributed by atoms with van der Waals surface area (Å²) < 4.78 is 0. The van der Waals surface area contributed by atoms with Crippen LogP contribution in [0.4, 0.5) is 0 Å². The van der Waals surface area contributed by atoms with E-state index in [4.69, 9.17) is 0 Å². The summed E-state index contributed by atoms with van der Waals surface area (Å²) in [7, 11) is 0. The highest BCUT2D eigenvalue weighted by atomic mass is 16.3. The molecule has 2 heteroatoms. The van der Waals surface area contributed by atoms with Gasteiger partial charge in [0.05, 0.1) is 5.60 Å². The first-order chi connectivity index (χ1) is 10.3. The van der Waals surface area contributed by atoms with Gasteiger partial charge in [-0.3, -0.25) is 0 Å². The average molecular weight is 281 g/mol. The van der Waals surface area contributed by atoms with E-state index in [1.807, 2.05) is 0 Å². The Balaban J connectivity index is 1.24. The number of rotatable bonds is 4. The fourth-order valence-corrected chi connectivity index (χ4v) is 7.96. The van der Waals surface area contributed by atoms with E-state index in [1.165, 1.54) is 18.4 Å². The number of benzene rings is 1. The van der Waals surface area contributed by atoms with Crippen molar-refractivity contribution in [1.29, 1.82) is 0 Å². The van der Waals surface area contributed by atoms with Gasteiger partial charge in [0.1, 0.15) is 0 Å². The van der Waals surface area contributed by atoms with Crippen LogP contribution in [0.3, 0.4) is 0 Å². The molecule has 0 radical (unpaired) electrons. The molecule has 0 aromatic heterocycles. The lowest BCUT2D eigenvalue weighted by atomic mass is 9.56. The van der Waals surface area contributed by atoms with Gasteiger partial charge in [0.2, 0.25) is 0 Å². The molecule has 0 saturated heterocycles. The van der Waals surface area contributed by atoms with Gasteiger partial charge in [-0.2, -0.15) is 0 Å². The van der Waals surface area contributed by atoms with Crippen molar-refractivity contribution in [2.75, 3.05) is 6.54 Å². The van der Waals surface area contributed by atoms with Crippen molar-refractivity contribution < 1.29 is 5.11 Å². The molecular weight excluding hydrogens is 258 g/mol. The molecule has 6 rings (SSSR count). The zero-order valence-corrected chi connectivity index (χ0v) is 12.3. The summed E-state index contributed by atoms with van der Waals surface area (Å²) in [5.74, 6) is 6.88. The van der Waals surface area contributed by atoms with Gasteiger partial charge in [-0.05, 0) is 65.7 Å². The third-order valence-electron chi connectivity index (χ3n) is 8.10. The summed E-state index contributed by atoms with van der Waals surface area (Å²) in [6.07, 6.45) is 2.91.